The van der Waals surface area contributed by atoms with Gasteiger partial charge < -0.3 is 5.73 Å². The molecule has 0 fully saturated rings. The molecule has 0 radical (unpaired) electrons. The minimum atomic E-state index is 0.602. The highest BCUT2D eigenvalue weighted by Crippen LogP contribution is 2.23. The second kappa shape index (κ2) is 3.63. The number of nitrogens with zero attached hydrogens (tertiary/aromatic N) is 2. The number of aromatic nitrogens is 2. The van der Waals surface area contributed by atoms with Crippen LogP contribution in [0.2, 0.25) is 5.02 Å². The zero-order valence-corrected chi connectivity index (χ0v) is 9.46. The number of anilines is 1. The first kappa shape index (κ1) is 9.55. The molecule has 0 amide bonds. The molecule has 2 aromatic rings. The summed E-state index contributed by atoms with van der Waals surface area (Å²) in [5, 5.41) is 4.78. The van der Waals surface area contributed by atoms with Crippen molar-refractivity contribution in [1.82, 2.24) is 9.78 Å². The molecule has 0 spiro atoms. The summed E-state index contributed by atoms with van der Waals surface area (Å²) in [6.07, 6.45) is 1.59. The van der Waals surface area contributed by atoms with Crippen LogP contribution in [0.4, 0.5) is 5.69 Å². The maximum atomic E-state index is 5.87. The molecule has 0 unspecified atom stereocenters. The van der Waals surface area contributed by atoms with E-state index in [1.807, 2.05) is 24.3 Å². The van der Waals surface area contributed by atoms with E-state index in [9.17, 15) is 0 Å². The number of halogens is 2. The quantitative estimate of drug-likeness (QED) is 0.867. The fourth-order valence-electron chi connectivity index (χ4n) is 1.13. The van der Waals surface area contributed by atoms with Crippen LogP contribution in [0.5, 0.6) is 0 Å². The first-order chi connectivity index (χ1) is 6.68. The molecule has 2 N–H and O–H groups in total. The van der Waals surface area contributed by atoms with Crippen molar-refractivity contribution in [2.45, 2.75) is 0 Å². The van der Waals surface area contributed by atoms with Gasteiger partial charge in [-0.1, -0.05) is 17.7 Å². The molecule has 0 atom stereocenters. The highest BCUT2D eigenvalue weighted by molar-refractivity contribution is 9.10. The van der Waals surface area contributed by atoms with Gasteiger partial charge in [0.25, 0.3) is 0 Å². The van der Waals surface area contributed by atoms with E-state index in [0.717, 1.165) is 10.3 Å². The van der Waals surface area contributed by atoms with Crippen LogP contribution in [-0.2, 0) is 0 Å². The Kier molecular flexibility index (Phi) is 2.48. The predicted octanol–water partition coefficient (Wildman–Crippen LogP) is 2.87. The Balaban J connectivity index is 2.55. The van der Waals surface area contributed by atoms with Crippen molar-refractivity contribution in [3.8, 4) is 5.69 Å². The normalized spacial score (nSPS) is 10.4. The number of hydrogen-bond acceptors (Lipinski definition) is 2. The Morgan fingerprint density at radius 2 is 2.21 bits per heavy atom. The number of hydrogen-bond donors (Lipinski definition) is 1. The van der Waals surface area contributed by atoms with Crippen molar-refractivity contribution in [3.63, 3.8) is 0 Å². The molecule has 1 aromatic carbocycles. The molecule has 0 aliphatic carbocycles. The van der Waals surface area contributed by atoms with Crippen LogP contribution in [0.3, 0.4) is 0 Å². The van der Waals surface area contributed by atoms with Crippen molar-refractivity contribution in [3.05, 3.63) is 40.1 Å². The molecule has 3 nitrogen and oxygen atoms in total. The predicted molar refractivity (Wildman–Crippen MR) is 60.7 cm³/mol. The van der Waals surface area contributed by atoms with Crippen LogP contribution < -0.4 is 5.73 Å². The van der Waals surface area contributed by atoms with Crippen LogP contribution >= 0.6 is 27.5 Å². The van der Waals surface area contributed by atoms with Crippen molar-refractivity contribution in [2.24, 2.45) is 0 Å². The fourth-order valence-corrected chi connectivity index (χ4v) is 1.72. The zero-order chi connectivity index (χ0) is 10.1. The van der Waals surface area contributed by atoms with Crippen molar-refractivity contribution < 1.29 is 0 Å². The first-order valence-electron chi connectivity index (χ1n) is 3.93. The van der Waals surface area contributed by atoms with E-state index in [4.69, 9.17) is 17.3 Å². The Hall–Kier alpha value is -1.000. The third kappa shape index (κ3) is 1.63. The maximum absolute atomic E-state index is 5.87. The Bertz CT molecular complexity index is 467. The van der Waals surface area contributed by atoms with Crippen molar-refractivity contribution in [1.29, 1.82) is 0 Å². The highest BCUT2D eigenvalue weighted by atomic mass is 79.9. The summed E-state index contributed by atoms with van der Waals surface area (Å²) in [4.78, 5) is 0. The summed E-state index contributed by atoms with van der Waals surface area (Å²) in [6.45, 7) is 0. The van der Waals surface area contributed by atoms with Gasteiger partial charge in [-0.2, -0.15) is 5.10 Å². The van der Waals surface area contributed by atoms with Gasteiger partial charge in [0.05, 0.1) is 17.6 Å². The molecular formula is C9H7BrClN3. The molecule has 0 aliphatic rings. The van der Waals surface area contributed by atoms with Crippen LogP contribution in [0, 0.1) is 0 Å². The van der Waals surface area contributed by atoms with Crippen molar-refractivity contribution >= 4 is 33.2 Å². The second-order valence-corrected chi connectivity index (χ2v) is 3.97. The van der Waals surface area contributed by atoms with Gasteiger partial charge in [0, 0.05) is 5.02 Å². The van der Waals surface area contributed by atoms with Gasteiger partial charge >= 0.3 is 0 Å². The molecule has 14 heavy (non-hydrogen) atoms. The summed E-state index contributed by atoms with van der Waals surface area (Å²) in [6, 6.07) is 7.40. The van der Waals surface area contributed by atoms with E-state index in [1.165, 1.54) is 0 Å². The van der Waals surface area contributed by atoms with Crippen LogP contribution in [-0.4, -0.2) is 9.78 Å². The van der Waals surface area contributed by atoms with Gasteiger partial charge in [-0.25, -0.2) is 4.68 Å². The molecule has 5 heteroatoms. The Morgan fingerprint density at radius 1 is 1.43 bits per heavy atom. The molecule has 0 saturated heterocycles. The second-order valence-electron chi connectivity index (χ2n) is 2.78. The molecule has 0 saturated carbocycles. The average Bonchev–Trinajstić information content (AvgIpc) is 2.48. The van der Waals surface area contributed by atoms with E-state index in [2.05, 4.69) is 21.0 Å². The van der Waals surface area contributed by atoms with Gasteiger partial charge in [-0.05, 0) is 34.1 Å². The van der Waals surface area contributed by atoms with Gasteiger partial charge in [0.15, 0.2) is 0 Å². The molecule has 1 aromatic heterocycles. The lowest BCUT2D eigenvalue weighted by Crippen LogP contribution is -1.96. The summed E-state index contributed by atoms with van der Waals surface area (Å²) in [5.41, 5.74) is 7.13. The third-order valence-corrected chi connectivity index (χ3v) is 2.82. The lowest BCUT2D eigenvalue weighted by molar-refractivity contribution is 0.861. The van der Waals surface area contributed by atoms with E-state index in [1.54, 1.807) is 10.9 Å². The lowest BCUT2D eigenvalue weighted by Gasteiger charge is -2.03. The molecule has 72 valence electrons. The van der Waals surface area contributed by atoms with Gasteiger partial charge in [-0.3, -0.25) is 0 Å². The lowest BCUT2D eigenvalue weighted by atomic mass is 10.3. The summed E-state index contributed by atoms with van der Waals surface area (Å²) < 4.78 is 2.42. The standard InChI is InChI=1S/C9H7BrClN3/c10-9-8(12)5-13-14(9)7-3-1-2-6(11)4-7/h1-5H,12H2. The molecule has 0 aliphatic heterocycles. The Morgan fingerprint density at radius 3 is 2.79 bits per heavy atom. The number of rotatable bonds is 1. The minimum absolute atomic E-state index is 0.602. The van der Waals surface area contributed by atoms with Gasteiger partial charge in [0.1, 0.15) is 4.60 Å². The summed E-state index contributed by atoms with van der Waals surface area (Å²) >= 11 is 9.21. The van der Waals surface area contributed by atoms with E-state index in [0.29, 0.717) is 10.7 Å². The van der Waals surface area contributed by atoms with Gasteiger partial charge in [0.2, 0.25) is 0 Å². The zero-order valence-electron chi connectivity index (χ0n) is 7.11. The number of nitrogen functional groups attached to an aromatic ring is 1. The molecule has 1 heterocycles. The number of nitrogens with two attached hydrogens (primary N) is 1. The van der Waals surface area contributed by atoms with E-state index in [-0.39, 0.29) is 0 Å². The molecular weight excluding hydrogens is 265 g/mol. The van der Waals surface area contributed by atoms with Crippen LogP contribution in [0.1, 0.15) is 0 Å². The monoisotopic (exact) mass is 271 g/mol. The largest absolute Gasteiger partial charge is 0.395 e. The minimum Gasteiger partial charge on any atom is -0.395 e. The highest BCUT2D eigenvalue weighted by Gasteiger charge is 2.06. The molecule has 0 bridgehead atoms. The smallest absolute Gasteiger partial charge is 0.132 e. The van der Waals surface area contributed by atoms with E-state index < -0.39 is 0 Å². The molecule has 2 rings (SSSR count). The first-order valence-corrected chi connectivity index (χ1v) is 5.10. The SMILES string of the molecule is Nc1cnn(-c2cccc(Cl)c2)c1Br. The Labute approximate surface area is 94.6 Å². The van der Waals surface area contributed by atoms with Crippen molar-refractivity contribution in [2.75, 3.05) is 5.73 Å². The average molecular weight is 273 g/mol. The van der Waals surface area contributed by atoms with E-state index >= 15 is 0 Å². The summed E-state index contributed by atoms with van der Waals surface area (Å²) in [5.74, 6) is 0. The fraction of sp³-hybridized carbons (Fsp3) is 0. The summed E-state index contributed by atoms with van der Waals surface area (Å²) in [7, 11) is 0. The topological polar surface area (TPSA) is 43.8 Å². The number of benzene rings is 1. The van der Waals surface area contributed by atoms with Crippen LogP contribution in [0.25, 0.3) is 5.69 Å². The van der Waals surface area contributed by atoms with Crippen LogP contribution in [0.15, 0.2) is 35.1 Å². The third-order valence-electron chi connectivity index (χ3n) is 1.79. The van der Waals surface area contributed by atoms with Gasteiger partial charge in [-0.15, -0.1) is 0 Å². The maximum Gasteiger partial charge on any atom is 0.132 e.